The third-order valence-electron chi connectivity index (χ3n) is 4.33. The van der Waals surface area contributed by atoms with Gasteiger partial charge in [0, 0.05) is 25.0 Å². The van der Waals surface area contributed by atoms with Crippen LogP contribution in [-0.4, -0.2) is 42.3 Å². The predicted molar refractivity (Wildman–Crippen MR) is 101 cm³/mol. The summed E-state index contributed by atoms with van der Waals surface area (Å²) in [6.45, 7) is 0.661. The molecular formula is C20H23N3O4. The Bertz CT molecular complexity index is 793. The van der Waals surface area contributed by atoms with Gasteiger partial charge in [-0.25, -0.2) is 10.8 Å². The molecule has 27 heavy (non-hydrogen) atoms. The minimum atomic E-state index is -1.10. The largest absolute Gasteiger partial charge is 0.494 e. The van der Waals surface area contributed by atoms with Crippen LogP contribution in [0.2, 0.25) is 0 Å². The smallest absolute Gasteiger partial charge is 0.265 e. The van der Waals surface area contributed by atoms with Crippen LogP contribution in [0.25, 0.3) is 0 Å². The van der Waals surface area contributed by atoms with Crippen molar-refractivity contribution in [1.29, 1.82) is 0 Å². The summed E-state index contributed by atoms with van der Waals surface area (Å²) in [7, 11) is 0. The van der Waals surface area contributed by atoms with Crippen LogP contribution in [-0.2, 0) is 16.0 Å². The van der Waals surface area contributed by atoms with Crippen LogP contribution in [0, 0.1) is 0 Å². The fourth-order valence-electron chi connectivity index (χ4n) is 2.90. The number of nitrogens with zero attached hydrogens (tertiary/aromatic N) is 1. The number of benzene rings is 2. The predicted octanol–water partition coefficient (Wildman–Crippen LogP) is 1.20. The number of nitrogens with two attached hydrogens (primary N) is 1. The average Bonchev–Trinajstić information content (AvgIpc) is 3.14. The molecule has 0 bridgehead atoms. The van der Waals surface area contributed by atoms with Gasteiger partial charge in [-0.15, -0.1) is 0 Å². The zero-order chi connectivity index (χ0) is 19.1. The van der Waals surface area contributed by atoms with E-state index in [0.717, 1.165) is 11.1 Å². The van der Waals surface area contributed by atoms with Crippen LogP contribution >= 0.6 is 0 Å². The van der Waals surface area contributed by atoms with Crippen LogP contribution in [0.3, 0.4) is 0 Å². The topological polar surface area (TPSA) is 106 Å². The summed E-state index contributed by atoms with van der Waals surface area (Å²) in [4.78, 5) is 17.0. The molecule has 0 fully saturated rings. The van der Waals surface area contributed by atoms with Gasteiger partial charge in [-0.3, -0.25) is 10.2 Å². The van der Waals surface area contributed by atoms with E-state index in [0.29, 0.717) is 31.1 Å². The van der Waals surface area contributed by atoms with Gasteiger partial charge in [0.05, 0.1) is 6.61 Å². The van der Waals surface area contributed by atoms with Crippen molar-refractivity contribution in [3.63, 3.8) is 0 Å². The monoisotopic (exact) mass is 369 g/mol. The van der Waals surface area contributed by atoms with Gasteiger partial charge >= 0.3 is 0 Å². The van der Waals surface area contributed by atoms with Crippen molar-refractivity contribution in [3.8, 4) is 5.75 Å². The fraction of sp³-hybridized carbons (Fsp3) is 0.300. The Balaban J connectivity index is 1.79. The summed E-state index contributed by atoms with van der Waals surface area (Å²) in [5.41, 5.74) is 2.84. The molecule has 0 radical (unpaired) electrons. The van der Waals surface area contributed by atoms with E-state index in [1.165, 1.54) is 0 Å². The highest BCUT2D eigenvalue weighted by atomic mass is 16.5. The van der Waals surface area contributed by atoms with Crippen LogP contribution in [0.15, 0.2) is 59.6 Å². The molecule has 0 aliphatic carbocycles. The van der Waals surface area contributed by atoms with Gasteiger partial charge < -0.3 is 14.6 Å². The summed E-state index contributed by atoms with van der Waals surface area (Å²) < 4.78 is 11.3. The van der Waals surface area contributed by atoms with Gasteiger partial charge in [0.1, 0.15) is 12.4 Å². The first-order chi connectivity index (χ1) is 13.2. The van der Waals surface area contributed by atoms with Crippen molar-refractivity contribution in [2.45, 2.75) is 18.4 Å². The number of carbonyl (C=O) groups excluding carboxylic acids is 1. The van der Waals surface area contributed by atoms with Crippen molar-refractivity contribution in [2.75, 3.05) is 19.8 Å². The lowest BCUT2D eigenvalue weighted by Gasteiger charge is -2.21. The van der Waals surface area contributed by atoms with Gasteiger partial charge in [0.15, 0.2) is 5.54 Å². The third-order valence-corrected chi connectivity index (χ3v) is 4.33. The van der Waals surface area contributed by atoms with Crippen molar-refractivity contribution in [3.05, 3.63) is 65.7 Å². The van der Waals surface area contributed by atoms with Gasteiger partial charge in [-0.2, -0.15) is 0 Å². The number of nitrogens with one attached hydrogen (secondary N) is 1. The van der Waals surface area contributed by atoms with E-state index in [1.807, 2.05) is 42.5 Å². The molecular weight excluding hydrogens is 346 g/mol. The molecule has 3 rings (SSSR count). The number of rotatable bonds is 8. The van der Waals surface area contributed by atoms with E-state index in [-0.39, 0.29) is 19.1 Å². The van der Waals surface area contributed by atoms with E-state index in [4.69, 9.17) is 20.4 Å². The highest BCUT2D eigenvalue weighted by molar-refractivity contribution is 6.00. The molecule has 0 spiro atoms. The minimum Gasteiger partial charge on any atom is -0.494 e. The maximum absolute atomic E-state index is 12.5. The molecule has 1 aliphatic heterocycles. The van der Waals surface area contributed by atoms with E-state index in [9.17, 15) is 4.79 Å². The molecule has 142 valence electrons. The second kappa shape index (κ2) is 8.66. The van der Waals surface area contributed by atoms with Crippen LogP contribution in [0.1, 0.15) is 17.5 Å². The first-order valence-electron chi connectivity index (χ1n) is 8.78. The zero-order valence-electron chi connectivity index (χ0n) is 14.9. The second-order valence-electron chi connectivity index (χ2n) is 6.32. The first-order valence-corrected chi connectivity index (χ1v) is 8.78. The van der Waals surface area contributed by atoms with E-state index >= 15 is 0 Å². The van der Waals surface area contributed by atoms with Crippen molar-refractivity contribution >= 4 is 11.8 Å². The quantitative estimate of drug-likeness (QED) is 0.281. The molecule has 0 unspecified atom stereocenters. The van der Waals surface area contributed by atoms with Crippen LogP contribution in [0.5, 0.6) is 5.75 Å². The van der Waals surface area contributed by atoms with E-state index in [1.54, 1.807) is 12.1 Å². The Morgan fingerprint density at radius 3 is 2.63 bits per heavy atom. The molecule has 2 aromatic rings. The number of aliphatic imine (C=N–C) groups is 1. The molecule has 0 saturated carbocycles. The number of hydrazine groups is 1. The Hall–Kier alpha value is -2.90. The molecule has 7 heteroatoms. The van der Waals surface area contributed by atoms with E-state index in [2.05, 4.69) is 10.4 Å². The number of ether oxygens (including phenoxy) is 2. The Kier molecular flexibility index (Phi) is 6.05. The maximum atomic E-state index is 12.5. The molecule has 7 nitrogen and oxygen atoms in total. The number of hydrogen-bond donors (Lipinski definition) is 3. The number of hydrogen-bond acceptors (Lipinski definition) is 6. The number of aliphatic hydroxyl groups is 1. The number of amides is 1. The molecule has 1 heterocycles. The SMILES string of the molecule is NNC(=O)[C@]1(Cc2ccccc2)COC(c2ccc(OCCCO)cc2)=N1. The molecule has 0 aromatic heterocycles. The van der Waals surface area contributed by atoms with Crippen LogP contribution < -0.4 is 16.0 Å². The Morgan fingerprint density at radius 2 is 1.96 bits per heavy atom. The molecule has 1 atom stereocenters. The lowest BCUT2D eigenvalue weighted by Crippen LogP contribution is -2.50. The van der Waals surface area contributed by atoms with E-state index < -0.39 is 5.54 Å². The fourth-order valence-corrected chi connectivity index (χ4v) is 2.90. The molecule has 4 N–H and O–H groups in total. The lowest BCUT2D eigenvalue weighted by atomic mass is 9.92. The summed E-state index contributed by atoms with van der Waals surface area (Å²) in [5.74, 6) is 6.10. The molecule has 1 aliphatic rings. The Labute approximate surface area is 157 Å². The summed E-state index contributed by atoms with van der Waals surface area (Å²) >= 11 is 0. The first kappa shape index (κ1) is 18.9. The molecule has 0 saturated heterocycles. The standard InChI is InChI=1S/C20H23N3O4/c21-23-19(25)20(13-15-5-2-1-3-6-15)14-27-18(22-20)16-7-9-17(10-8-16)26-12-4-11-24/h1-3,5-10,24H,4,11-14,21H2,(H,23,25)/t20-/m0/s1. The number of aliphatic hydroxyl groups excluding tert-OH is 1. The lowest BCUT2D eigenvalue weighted by molar-refractivity contribution is -0.126. The van der Waals surface area contributed by atoms with Gasteiger partial charge in [0.2, 0.25) is 5.90 Å². The van der Waals surface area contributed by atoms with Crippen molar-refractivity contribution in [2.24, 2.45) is 10.8 Å². The van der Waals surface area contributed by atoms with Crippen molar-refractivity contribution < 1.29 is 19.4 Å². The normalized spacial score (nSPS) is 18.5. The number of carbonyl (C=O) groups is 1. The highest BCUT2D eigenvalue weighted by Crippen LogP contribution is 2.27. The minimum absolute atomic E-state index is 0.0927. The molecule has 2 aromatic carbocycles. The van der Waals surface area contributed by atoms with Crippen LogP contribution in [0.4, 0.5) is 0 Å². The average molecular weight is 369 g/mol. The maximum Gasteiger partial charge on any atom is 0.265 e. The van der Waals surface area contributed by atoms with Gasteiger partial charge in [0.25, 0.3) is 5.91 Å². The zero-order valence-corrected chi connectivity index (χ0v) is 14.9. The summed E-state index contributed by atoms with van der Waals surface area (Å²) in [5, 5.41) is 8.80. The summed E-state index contributed by atoms with van der Waals surface area (Å²) in [6, 6.07) is 16.9. The summed E-state index contributed by atoms with van der Waals surface area (Å²) in [6.07, 6.45) is 0.969. The van der Waals surface area contributed by atoms with Gasteiger partial charge in [-0.05, 0) is 29.8 Å². The third kappa shape index (κ3) is 4.45. The van der Waals surface area contributed by atoms with Gasteiger partial charge in [-0.1, -0.05) is 30.3 Å². The van der Waals surface area contributed by atoms with Crippen molar-refractivity contribution in [1.82, 2.24) is 5.43 Å². The molecule has 1 amide bonds. The Morgan fingerprint density at radius 1 is 1.22 bits per heavy atom. The second-order valence-corrected chi connectivity index (χ2v) is 6.32. The highest BCUT2D eigenvalue weighted by Gasteiger charge is 2.44.